The molecule has 11 heteroatoms. The summed E-state index contributed by atoms with van der Waals surface area (Å²) >= 11 is 0. The number of aliphatic hydroxyl groups is 1. The van der Waals surface area contributed by atoms with Crippen molar-refractivity contribution in [3.63, 3.8) is 0 Å². The molecule has 0 aromatic carbocycles. The van der Waals surface area contributed by atoms with E-state index in [4.69, 9.17) is 13.7 Å². The average Bonchev–Trinajstić information content (AvgIpc) is 2.75. The summed E-state index contributed by atoms with van der Waals surface area (Å²) in [6.45, 7) is 5.85. The third kappa shape index (κ3) is 11.3. The Morgan fingerprint density at radius 3 is 2.33 bits per heavy atom. The van der Waals surface area contributed by atoms with Crippen LogP contribution in [0.15, 0.2) is 0 Å². The van der Waals surface area contributed by atoms with Crippen LogP contribution in [0.4, 0.5) is 0 Å². The van der Waals surface area contributed by atoms with Gasteiger partial charge in [-0.3, -0.25) is 13.8 Å². The van der Waals surface area contributed by atoms with Crippen molar-refractivity contribution >= 4 is 28.0 Å². The molecule has 0 heterocycles. The first-order valence-corrected chi connectivity index (χ1v) is 13.2. The van der Waals surface area contributed by atoms with Gasteiger partial charge in [0.2, 0.25) is 12.2 Å². The molecule has 1 unspecified atom stereocenters. The Hall–Kier alpha value is -1.72. The van der Waals surface area contributed by atoms with Crippen LogP contribution in [-0.4, -0.2) is 62.7 Å². The molecule has 0 aromatic rings. The number of carbonyl (C=O) groups is 3. The molecule has 10 nitrogen and oxygen atoms in total. The second kappa shape index (κ2) is 13.9. The largest absolute Gasteiger partial charge is 0.425 e. The van der Waals surface area contributed by atoms with Crippen LogP contribution in [0.2, 0.25) is 0 Å². The fourth-order valence-corrected chi connectivity index (χ4v) is 4.45. The summed E-state index contributed by atoms with van der Waals surface area (Å²) in [5, 5.41) is 13.0. The smallest absolute Gasteiger partial charge is 0.338 e. The van der Waals surface area contributed by atoms with Gasteiger partial charge in [0.05, 0.1) is 18.3 Å². The van der Waals surface area contributed by atoms with Gasteiger partial charge < -0.3 is 19.9 Å². The van der Waals surface area contributed by atoms with Gasteiger partial charge in [0.15, 0.2) is 6.10 Å². The van der Waals surface area contributed by atoms with Gasteiger partial charge in [-0.25, -0.2) is 4.79 Å². The highest BCUT2D eigenvalue weighted by atomic mass is 32.2. The van der Waals surface area contributed by atoms with Gasteiger partial charge >= 0.3 is 11.9 Å². The monoisotopic (exact) mass is 493 g/mol. The van der Waals surface area contributed by atoms with E-state index in [1.54, 1.807) is 0 Å². The van der Waals surface area contributed by atoms with Crippen LogP contribution in [-0.2, 0) is 38.2 Å². The van der Waals surface area contributed by atoms with E-state index in [2.05, 4.69) is 5.32 Å². The summed E-state index contributed by atoms with van der Waals surface area (Å²) in [6, 6.07) is 0. The van der Waals surface area contributed by atoms with E-state index < -0.39 is 46.5 Å². The molecule has 1 amide bonds. The molecule has 0 spiro atoms. The molecule has 192 valence electrons. The number of amides is 1. The average molecular weight is 494 g/mol. The quantitative estimate of drug-likeness (QED) is 0.161. The molecule has 1 rings (SSSR count). The van der Waals surface area contributed by atoms with Crippen LogP contribution in [0.3, 0.4) is 0 Å². The van der Waals surface area contributed by atoms with Crippen molar-refractivity contribution in [2.75, 3.05) is 18.9 Å². The lowest BCUT2D eigenvalue weighted by Gasteiger charge is -2.30. The molecule has 1 aliphatic rings. The molecule has 33 heavy (non-hydrogen) atoms. The zero-order valence-electron chi connectivity index (χ0n) is 20.1. The van der Waals surface area contributed by atoms with Crippen molar-refractivity contribution in [3.05, 3.63) is 0 Å². The van der Waals surface area contributed by atoms with Crippen LogP contribution in [0.1, 0.15) is 79.1 Å². The summed E-state index contributed by atoms with van der Waals surface area (Å²) < 4.78 is 39.7. The van der Waals surface area contributed by atoms with Crippen molar-refractivity contribution in [1.82, 2.24) is 5.32 Å². The van der Waals surface area contributed by atoms with Crippen LogP contribution in [0, 0.1) is 11.3 Å². The number of hydrogen-bond acceptors (Lipinski definition) is 9. The summed E-state index contributed by atoms with van der Waals surface area (Å²) in [5.74, 6) is -2.20. The lowest BCUT2D eigenvalue weighted by atomic mass is 9.87. The standard InChI is InChI=1S/C22H39NO9S/c1-5-10-18(31-20(26)17-11-7-6-8-12-17)32-21(27)19(25)22(3,4)15-30-33(28,29)14-9-13-23-16(2)24/h17-19,25H,5-15H2,1-4H3,(H,23,24)/t18?,19-/m0/s1. The van der Waals surface area contributed by atoms with Gasteiger partial charge in [-0.2, -0.15) is 8.42 Å². The minimum absolute atomic E-state index is 0.165. The van der Waals surface area contributed by atoms with E-state index in [0.717, 1.165) is 32.1 Å². The summed E-state index contributed by atoms with van der Waals surface area (Å²) in [5.41, 5.74) is -1.29. The van der Waals surface area contributed by atoms with E-state index in [9.17, 15) is 27.9 Å². The van der Waals surface area contributed by atoms with Gasteiger partial charge in [-0.15, -0.1) is 0 Å². The van der Waals surface area contributed by atoms with Gasteiger partial charge in [0.25, 0.3) is 10.1 Å². The number of hydrogen-bond donors (Lipinski definition) is 2. The predicted octanol–water partition coefficient (Wildman–Crippen LogP) is 2.04. The third-order valence-corrected chi connectivity index (χ3v) is 6.74. The van der Waals surface area contributed by atoms with Crippen LogP contribution >= 0.6 is 0 Å². The number of nitrogens with one attached hydrogen (secondary N) is 1. The summed E-state index contributed by atoms with van der Waals surface area (Å²) in [4.78, 5) is 35.8. The molecule has 0 aliphatic heterocycles. The lowest BCUT2D eigenvalue weighted by Crippen LogP contribution is -2.43. The first-order valence-electron chi connectivity index (χ1n) is 11.6. The Morgan fingerprint density at radius 1 is 1.12 bits per heavy atom. The second-order valence-corrected chi connectivity index (χ2v) is 10.9. The van der Waals surface area contributed by atoms with Crippen molar-refractivity contribution in [2.45, 2.75) is 91.5 Å². The van der Waals surface area contributed by atoms with E-state index in [-0.39, 0.29) is 37.0 Å². The summed E-state index contributed by atoms with van der Waals surface area (Å²) in [7, 11) is -3.92. The number of aliphatic hydroxyl groups excluding tert-OH is 1. The number of rotatable bonds is 14. The SMILES string of the molecule is CCCC(OC(=O)C1CCCCC1)OC(=O)[C@H](O)C(C)(C)COS(=O)(=O)CCCNC(C)=O. The molecule has 0 radical (unpaired) electrons. The molecule has 1 fully saturated rings. The van der Waals surface area contributed by atoms with E-state index in [1.807, 2.05) is 6.92 Å². The second-order valence-electron chi connectivity index (χ2n) is 9.18. The molecular formula is C22H39NO9S. The minimum Gasteiger partial charge on any atom is -0.425 e. The van der Waals surface area contributed by atoms with Gasteiger partial charge in [0, 0.05) is 25.3 Å². The topological polar surface area (TPSA) is 145 Å². The van der Waals surface area contributed by atoms with Crippen LogP contribution in [0.5, 0.6) is 0 Å². The van der Waals surface area contributed by atoms with Gasteiger partial charge in [0.1, 0.15) is 0 Å². The van der Waals surface area contributed by atoms with Gasteiger partial charge in [-0.05, 0) is 25.7 Å². The zero-order chi connectivity index (χ0) is 25.1. The first-order chi connectivity index (χ1) is 15.4. The van der Waals surface area contributed by atoms with E-state index >= 15 is 0 Å². The maximum Gasteiger partial charge on any atom is 0.338 e. The predicted molar refractivity (Wildman–Crippen MR) is 120 cm³/mol. The Bertz CT molecular complexity index is 745. The first kappa shape index (κ1) is 29.3. The van der Waals surface area contributed by atoms with Gasteiger partial charge in [-0.1, -0.05) is 40.0 Å². The van der Waals surface area contributed by atoms with Crippen molar-refractivity contribution in [3.8, 4) is 0 Å². The molecule has 2 N–H and O–H groups in total. The maximum atomic E-state index is 12.5. The van der Waals surface area contributed by atoms with Crippen LogP contribution in [0.25, 0.3) is 0 Å². The van der Waals surface area contributed by atoms with Crippen molar-refractivity contribution < 1.29 is 41.6 Å². The fraction of sp³-hybridized carbons (Fsp3) is 0.864. The molecular weight excluding hydrogens is 454 g/mol. The van der Waals surface area contributed by atoms with E-state index in [1.165, 1.54) is 20.8 Å². The molecule has 1 aliphatic carbocycles. The van der Waals surface area contributed by atoms with E-state index in [0.29, 0.717) is 6.42 Å². The van der Waals surface area contributed by atoms with Crippen molar-refractivity contribution in [1.29, 1.82) is 0 Å². The zero-order valence-corrected chi connectivity index (χ0v) is 20.9. The number of ether oxygens (including phenoxy) is 2. The lowest BCUT2D eigenvalue weighted by molar-refractivity contribution is -0.202. The molecule has 0 aromatic heterocycles. The maximum absolute atomic E-state index is 12.5. The van der Waals surface area contributed by atoms with Crippen molar-refractivity contribution in [2.24, 2.45) is 11.3 Å². The number of carbonyl (C=O) groups excluding carboxylic acids is 3. The fourth-order valence-electron chi connectivity index (χ4n) is 3.35. The highest BCUT2D eigenvalue weighted by Crippen LogP contribution is 2.27. The molecule has 0 bridgehead atoms. The minimum atomic E-state index is -3.92. The Morgan fingerprint density at radius 2 is 1.76 bits per heavy atom. The Balaban J connectivity index is 2.59. The Kier molecular flexibility index (Phi) is 12.3. The highest BCUT2D eigenvalue weighted by Gasteiger charge is 2.38. The highest BCUT2D eigenvalue weighted by molar-refractivity contribution is 7.86. The Labute approximate surface area is 196 Å². The van der Waals surface area contributed by atoms with Crippen LogP contribution < -0.4 is 5.32 Å². The molecule has 1 saturated carbocycles. The third-order valence-electron chi connectivity index (χ3n) is 5.48. The normalized spacial score (nSPS) is 17.1. The molecule has 2 atom stereocenters. The molecule has 0 saturated heterocycles. The number of esters is 2. The summed E-state index contributed by atoms with van der Waals surface area (Å²) in [6.07, 6.45) is 2.74.